The van der Waals surface area contributed by atoms with Crippen LogP contribution in [-0.4, -0.2) is 17.9 Å². The Morgan fingerprint density at radius 3 is 2.57 bits per heavy atom. The van der Waals surface area contributed by atoms with Gasteiger partial charge in [0.1, 0.15) is 11.6 Å². The van der Waals surface area contributed by atoms with Gasteiger partial charge in [-0.05, 0) is 64.7 Å². The molecule has 0 aromatic heterocycles. The topological polar surface area (TPSA) is 67.4 Å². The van der Waals surface area contributed by atoms with Crippen LogP contribution in [0.25, 0.3) is 0 Å². The van der Waals surface area contributed by atoms with Crippen molar-refractivity contribution >= 4 is 33.4 Å². The predicted molar refractivity (Wildman–Crippen MR) is 111 cm³/mol. The second kappa shape index (κ2) is 10.2. The summed E-state index contributed by atoms with van der Waals surface area (Å²) in [6.45, 7) is 5.89. The highest BCUT2D eigenvalue weighted by atomic mass is 79.9. The highest BCUT2D eigenvalue weighted by molar-refractivity contribution is 9.10. The zero-order valence-electron chi connectivity index (χ0n) is 16.1. The molecule has 2 aromatic carbocycles. The first-order valence-corrected chi connectivity index (χ1v) is 9.82. The van der Waals surface area contributed by atoms with Crippen LogP contribution in [0, 0.1) is 11.7 Å². The lowest BCUT2D eigenvalue weighted by atomic mass is 10.1. The third-order valence-electron chi connectivity index (χ3n) is 3.84. The molecular weight excluding hydrogens is 427 g/mol. The van der Waals surface area contributed by atoms with Crippen LogP contribution in [0.5, 0.6) is 5.75 Å². The van der Waals surface area contributed by atoms with E-state index >= 15 is 0 Å². The zero-order chi connectivity index (χ0) is 20.7. The molecule has 0 bridgehead atoms. The SMILES string of the molecule is CC(C)CC(=O)Nc1cccc(CNC(=O)C(C)Oc2ccc(F)cc2Br)c1. The molecule has 0 aliphatic carbocycles. The summed E-state index contributed by atoms with van der Waals surface area (Å²) in [4.78, 5) is 24.2. The molecule has 0 spiro atoms. The number of halogens is 2. The van der Waals surface area contributed by atoms with Gasteiger partial charge in [-0.3, -0.25) is 9.59 Å². The Balaban J connectivity index is 1.89. The van der Waals surface area contributed by atoms with E-state index in [1.807, 2.05) is 32.0 Å². The van der Waals surface area contributed by atoms with Gasteiger partial charge in [-0.1, -0.05) is 26.0 Å². The summed E-state index contributed by atoms with van der Waals surface area (Å²) < 4.78 is 19.2. The number of hydrogen-bond acceptors (Lipinski definition) is 3. The van der Waals surface area contributed by atoms with E-state index in [1.54, 1.807) is 13.0 Å². The van der Waals surface area contributed by atoms with E-state index in [4.69, 9.17) is 4.74 Å². The van der Waals surface area contributed by atoms with Crippen molar-refractivity contribution in [1.82, 2.24) is 5.32 Å². The van der Waals surface area contributed by atoms with Crippen LogP contribution in [0.3, 0.4) is 0 Å². The third-order valence-corrected chi connectivity index (χ3v) is 4.46. The highest BCUT2D eigenvalue weighted by Crippen LogP contribution is 2.26. The van der Waals surface area contributed by atoms with Crippen LogP contribution in [-0.2, 0) is 16.1 Å². The number of amides is 2. The molecule has 28 heavy (non-hydrogen) atoms. The summed E-state index contributed by atoms with van der Waals surface area (Å²) in [6.07, 6.45) is -0.301. The number of carbonyl (C=O) groups is 2. The smallest absolute Gasteiger partial charge is 0.261 e. The van der Waals surface area contributed by atoms with Crippen LogP contribution in [0.4, 0.5) is 10.1 Å². The lowest BCUT2D eigenvalue weighted by Crippen LogP contribution is -2.36. The number of hydrogen-bond donors (Lipinski definition) is 2. The minimum Gasteiger partial charge on any atom is -0.480 e. The van der Waals surface area contributed by atoms with E-state index in [-0.39, 0.29) is 17.7 Å². The molecule has 0 aliphatic heterocycles. The van der Waals surface area contributed by atoms with Gasteiger partial charge in [-0.25, -0.2) is 4.39 Å². The fourth-order valence-electron chi connectivity index (χ4n) is 2.49. The van der Waals surface area contributed by atoms with Crippen LogP contribution < -0.4 is 15.4 Å². The number of ether oxygens (including phenoxy) is 1. The number of nitrogens with one attached hydrogen (secondary N) is 2. The van der Waals surface area contributed by atoms with Gasteiger partial charge in [0.25, 0.3) is 5.91 Å². The van der Waals surface area contributed by atoms with Crippen LogP contribution >= 0.6 is 15.9 Å². The molecule has 2 aromatic rings. The molecule has 0 aliphatic rings. The van der Waals surface area contributed by atoms with E-state index in [0.29, 0.717) is 28.9 Å². The Kier molecular flexibility index (Phi) is 7.99. The van der Waals surface area contributed by atoms with Crippen molar-refractivity contribution in [3.05, 3.63) is 58.3 Å². The monoisotopic (exact) mass is 450 g/mol. The second-order valence-corrected chi connectivity index (χ2v) is 7.75. The molecule has 150 valence electrons. The molecule has 2 N–H and O–H groups in total. The fraction of sp³-hybridized carbons (Fsp3) is 0.333. The van der Waals surface area contributed by atoms with Gasteiger partial charge in [0.15, 0.2) is 6.10 Å². The summed E-state index contributed by atoms with van der Waals surface area (Å²) in [5.74, 6) is -0.0609. The Morgan fingerprint density at radius 1 is 1.14 bits per heavy atom. The molecule has 1 unspecified atom stereocenters. The second-order valence-electron chi connectivity index (χ2n) is 6.90. The molecular formula is C21H24BrFN2O3. The minimum absolute atomic E-state index is 0.0388. The quantitative estimate of drug-likeness (QED) is 0.614. The lowest BCUT2D eigenvalue weighted by molar-refractivity contribution is -0.127. The Bertz CT molecular complexity index is 842. The van der Waals surface area contributed by atoms with Gasteiger partial charge < -0.3 is 15.4 Å². The average Bonchev–Trinajstić information content (AvgIpc) is 2.61. The molecule has 1 atom stereocenters. The number of benzene rings is 2. The first kappa shape index (κ1) is 21.9. The summed E-state index contributed by atoms with van der Waals surface area (Å²) >= 11 is 3.21. The standard InChI is InChI=1S/C21H24BrFN2O3/c1-13(2)9-20(26)25-17-6-4-5-15(10-17)12-24-21(27)14(3)28-19-8-7-16(23)11-18(19)22/h4-8,10-11,13-14H,9,12H2,1-3H3,(H,24,27)(H,25,26). The minimum atomic E-state index is -0.754. The van der Waals surface area contributed by atoms with Crippen molar-refractivity contribution < 1.29 is 18.7 Å². The van der Waals surface area contributed by atoms with E-state index in [9.17, 15) is 14.0 Å². The maximum Gasteiger partial charge on any atom is 0.261 e. The number of anilines is 1. The third kappa shape index (κ3) is 6.96. The van der Waals surface area contributed by atoms with Crippen LogP contribution in [0.2, 0.25) is 0 Å². The maximum atomic E-state index is 13.1. The largest absolute Gasteiger partial charge is 0.480 e. The first-order valence-electron chi connectivity index (χ1n) is 9.03. The lowest BCUT2D eigenvalue weighted by Gasteiger charge is -2.16. The van der Waals surface area contributed by atoms with Crippen molar-refractivity contribution in [3.8, 4) is 5.75 Å². The van der Waals surface area contributed by atoms with Gasteiger partial charge in [0.2, 0.25) is 5.91 Å². The molecule has 2 amide bonds. The summed E-state index contributed by atoms with van der Waals surface area (Å²) in [7, 11) is 0. The Morgan fingerprint density at radius 2 is 1.89 bits per heavy atom. The van der Waals surface area contributed by atoms with Crippen LogP contribution in [0.15, 0.2) is 46.9 Å². The van der Waals surface area contributed by atoms with Gasteiger partial charge in [0.05, 0.1) is 4.47 Å². The van der Waals surface area contributed by atoms with E-state index in [2.05, 4.69) is 26.6 Å². The number of carbonyl (C=O) groups excluding carboxylic acids is 2. The van der Waals surface area contributed by atoms with Gasteiger partial charge in [0, 0.05) is 18.7 Å². The maximum absolute atomic E-state index is 13.1. The van der Waals surface area contributed by atoms with Crippen LogP contribution in [0.1, 0.15) is 32.8 Å². The molecule has 0 fully saturated rings. The molecule has 0 saturated heterocycles. The van der Waals surface area contributed by atoms with E-state index in [0.717, 1.165) is 5.56 Å². The predicted octanol–water partition coefficient (Wildman–Crippen LogP) is 4.66. The summed E-state index contributed by atoms with van der Waals surface area (Å²) in [5, 5.41) is 5.65. The average molecular weight is 451 g/mol. The number of rotatable bonds is 8. The fourth-order valence-corrected chi connectivity index (χ4v) is 2.93. The van der Waals surface area contributed by atoms with Crippen molar-refractivity contribution in [2.24, 2.45) is 5.92 Å². The first-order chi connectivity index (χ1) is 13.2. The Labute approximate surface area is 172 Å². The highest BCUT2D eigenvalue weighted by Gasteiger charge is 2.16. The van der Waals surface area contributed by atoms with Crippen molar-refractivity contribution in [2.75, 3.05) is 5.32 Å². The van der Waals surface area contributed by atoms with Crippen molar-refractivity contribution in [3.63, 3.8) is 0 Å². The Hall–Kier alpha value is -2.41. The molecule has 0 saturated carbocycles. The molecule has 7 heteroatoms. The molecule has 0 radical (unpaired) electrons. The van der Waals surface area contributed by atoms with Gasteiger partial charge >= 0.3 is 0 Å². The van der Waals surface area contributed by atoms with Gasteiger partial charge in [-0.2, -0.15) is 0 Å². The normalized spacial score (nSPS) is 11.8. The molecule has 2 rings (SSSR count). The van der Waals surface area contributed by atoms with Gasteiger partial charge in [-0.15, -0.1) is 0 Å². The molecule has 5 nitrogen and oxygen atoms in total. The van der Waals surface area contributed by atoms with E-state index < -0.39 is 11.9 Å². The zero-order valence-corrected chi connectivity index (χ0v) is 17.7. The summed E-state index contributed by atoms with van der Waals surface area (Å²) in [6, 6.07) is 11.3. The van der Waals surface area contributed by atoms with Crippen molar-refractivity contribution in [2.45, 2.75) is 39.8 Å². The van der Waals surface area contributed by atoms with Crippen molar-refractivity contribution in [1.29, 1.82) is 0 Å². The van der Waals surface area contributed by atoms with E-state index in [1.165, 1.54) is 18.2 Å². The summed E-state index contributed by atoms with van der Waals surface area (Å²) in [5.41, 5.74) is 1.54. The molecule has 0 heterocycles.